The lowest BCUT2D eigenvalue weighted by atomic mass is 10.1. The molecule has 0 aliphatic carbocycles. The third kappa shape index (κ3) is 3.27. The van der Waals surface area contributed by atoms with Gasteiger partial charge in [-0.25, -0.2) is 9.37 Å². The maximum absolute atomic E-state index is 13.4. The first-order valence-electron chi connectivity index (χ1n) is 8.74. The van der Waals surface area contributed by atoms with Gasteiger partial charge in [-0.1, -0.05) is 12.1 Å². The molecule has 0 saturated heterocycles. The van der Waals surface area contributed by atoms with E-state index in [0.717, 1.165) is 33.0 Å². The normalized spacial score (nSPS) is 12.1. The van der Waals surface area contributed by atoms with Crippen LogP contribution in [0.2, 0.25) is 0 Å². The van der Waals surface area contributed by atoms with Crippen molar-refractivity contribution in [3.8, 4) is 28.3 Å². The molecule has 2 heterocycles. The zero-order valence-corrected chi connectivity index (χ0v) is 16.3. The average Bonchev–Trinajstić information content (AvgIpc) is 3.13. The second kappa shape index (κ2) is 7.48. The van der Waals surface area contributed by atoms with E-state index >= 15 is 0 Å². The summed E-state index contributed by atoms with van der Waals surface area (Å²) in [5, 5.41) is 0. The Balaban J connectivity index is 2.05. The summed E-state index contributed by atoms with van der Waals surface area (Å²) in [6, 6.07) is 15.8. The van der Waals surface area contributed by atoms with E-state index in [9.17, 15) is 8.60 Å². The molecule has 1 atom stereocenters. The fourth-order valence-corrected chi connectivity index (χ4v) is 4.29. The van der Waals surface area contributed by atoms with Crippen LogP contribution in [0.25, 0.3) is 28.3 Å². The van der Waals surface area contributed by atoms with Crippen LogP contribution in [0, 0.1) is 12.7 Å². The number of imidazole rings is 1. The van der Waals surface area contributed by atoms with E-state index < -0.39 is 10.8 Å². The van der Waals surface area contributed by atoms with Crippen LogP contribution in [0.5, 0.6) is 0 Å². The van der Waals surface area contributed by atoms with Gasteiger partial charge in [-0.3, -0.25) is 13.8 Å². The molecule has 4 aromatic rings. The van der Waals surface area contributed by atoms with E-state index in [0.29, 0.717) is 5.82 Å². The molecule has 4 rings (SSSR count). The summed E-state index contributed by atoms with van der Waals surface area (Å²) in [7, 11) is -1.19. The number of halogens is 1. The van der Waals surface area contributed by atoms with E-state index in [1.54, 1.807) is 37.0 Å². The molecule has 0 amide bonds. The van der Waals surface area contributed by atoms with Crippen molar-refractivity contribution in [2.45, 2.75) is 11.8 Å². The highest BCUT2D eigenvalue weighted by Crippen LogP contribution is 2.33. The van der Waals surface area contributed by atoms with Gasteiger partial charge in [0.25, 0.3) is 0 Å². The second-order valence-electron chi connectivity index (χ2n) is 6.42. The van der Waals surface area contributed by atoms with Crippen LogP contribution in [0.1, 0.15) is 5.56 Å². The highest BCUT2D eigenvalue weighted by Gasteiger charge is 2.20. The standard InChI is InChI=1S/C22H18FN3OS/c1-15-4-3-5-19(21(15)28(2)27)26-20(16-10-12-24-13-11-16)14-25-22(26)17-6-8-18(23)9-7-17/h3-14H,1-2H3. The Bertz CT molecular complexity index is 1150. The molecular weight excluding hydrogens is 373 g/mol. The van der Waals surface area contributed by atoms with Crippen LogP contribution >= 0.6 is 0 Å². The number of hydrogen-bond donors (Lipinski definition) is 0. The van der Waals surface area contributed by atoms with Crippen LogP contribution in [-0.2, 0) is 10.8 Å². The summed E-state index contributed by atoms with van der Waals surface area (Å²) in [5.41, 5.74) is 4.29. The number of benzene rings is 2. The van der Waals surface area contributed by atoms with Gasteiger partial charge in [0.2, 0.25) is 0 Å². The topological polar surface area (TPSA) is 47.8 Å². The van der Waals surface area contributed by atoms with E-state index in [1.165, 1.54) is 12.1 Å². The summed E-state index contributed by atoms with van der Waals surface area (Å²) in [4.78, 5) is 9.46. The van der Waals surface area contributed by atoms with Crippen molar-refractivity contribution in [1.29, 1.82) is 0 Å². The fraction of sp³-hybridized carbons (Fsp3) is 0.0909. The van der Waals surface area contributed by atoms with Gasteiger partial charge in [0.1, 0.15) is 11.6 Å². The summed E-state index contributed by atoms with van der Waals surface area (Å²) in [6.07, 6.45) is 6.89. The molecule has 2 aromatic heterocycles. The smallest absolute Gasteiger partial charge is 0.145 e. The Morgan fingerprint density at radius 1 is 0.964 bits per heavy atom. The van der Waals surface area contributed by atoms with Gasteiger partial charge in [-0.05, 0) is 55.0 Å². The minimum absolute atomic E-state index is 0.304. The monoisotopic (exact) mass is 391 g/mol. The van der Waals surface area contributed by atoms with Crippen molar-refractivity contribution in [3.05, 3.63) is 84.6 Å². The van der Waals surface area contributed by atoms with Crippen LogP contribution in [0.4, 0.5) is 4.39 Å². The van der Waals surface area contributed by atoms with E-state index in [-0.39, 0.29) is 5.82 Å². The van der Waals surface area contributed by atoms with Crippen molar-refractivity contribution in [2.75, 3.05) is 6.26 Å². The molecular formula is C22H18FN3OS. The van der Waals surface area contributed by atoms with Crippen molar-refractivity contribution < 1.29 is 8.60 Å². The Morgan fingerprint density at radius 3 is 2.36 bits per heavy atom. The van der Waals surface area contributed by atoms with Crippen LogP contribution in [0.15, 0.2) is 78.1 Å². The van der Waals surface area contributed by atoms with Crippen molar-refractivity contribution in [2.24, 2.45) is 0 Å². The van der Waals surface area contributed by atoms with Gasteiger partial charge in [-0.2, -0.15) is 0 Å². The first kappa shape index (κ1) is 18.3. The zero-order valence-electron chi connectivity index (χ0n) is 15.5. The molecule has 1 unspecified atom stereocenters. The van der Waals surface area contributed by atoms with Gasteiger partial charge in [0.05, 0.1) is 33.3 Å². The number of rotatable bonds is 4. The SMILES string of the molecule is Cc1cccc(-n2c(-c3ccncc3)cnc2-c2ccc(F)cc2)c1S(C)=O. The number of aryl methyl sites for hydroxylation is 1. The Labute approximate surface area is 165 Å². The lowest BCUT2D eigenvalue weighted by molar-refractivity contribution is 0.628. The molecule has 28 heavy (non-hydrogen) atoms. The van der Waals surface area contributed by atoms with Crippen LogP contribution in [0.3, 0.4) is 0 Å². The molecule has 0 aliphatic heterocycles. The van der Waals surface area contributed by atoms with Gasteiger partial charge in [-0.15, -0.1) is 0 Å². The Hall–Kier alpha value is -3.12. The molecule has 2 aromatic carbocycles. The van der Waals surface area contributed by atoms with Gasteiger partial charge in [0, 0.05) is 29.8 Å². The van der Waals surface area contributed by atoms with E-state index in [1.807, 2.05) is 41.8 Å². The quantitative estimate of drug-likeness (QED) is 0.503. The zero-order chi connectivity index (χ0) is 19.7. The first-order chi connectivity index (χ1) is 13.6. The predicted molar refractivity (Wildman–Crippen MR) is 109 cm³/mol. The largest absolute Gasteiger partial charge is 0.291 e. The molecule has 0 aliphatic rings. The summed E-state index contributed by atoms with van der Waals surface area (Å²) < 4.78 is 28.0. The maximum atomic E-state index is 13.4. The van der Waals surface area contributed by atoms with Crippen molar-refractivity contribution >= 4 is 10.8 Å². The highest BCUT2D eigenvalue weighted by atomic mass is 32.2. The number of pyridine rings is 1. The Morgan fingerprint density at radius 2 is 1.68 bits per heavy atom. The maximum Gasteiger partial charge on any atom is 0.145 e. The molecule has 0 spiro atoms. The van der Waals surface area contributed by atoms with Crippen LogP contribution in [-0.4, -0.2) is 25.0 Å². The summed E-state index contributed by atoms with van der Waals surface area (Å²) >= 11 is 0. The minimum Gasteiger partial charge on any atom is -0.291 e. The average molecular weight is 391 g/mol. The third-order valence-electron chi connectivity index (χ3n) is 4.56. The van der Waals surface area contributed by atoms with Crippen molar-refractivity contribution in [3.63, 3.8) is 0 Å². The molecule has 6 heteroatoms. The van der Waals surface area contributed by atoms with Crippen molar-refractivity contribution in [1.82, 2.24) is 14.5 Å². The predicted octanol–water partition coefficient (Wildman–Crippen LogP) is 4.79. The summed E-state index contributed by atoms with van der Waals surface area (Å²) in [6.45, 7) is 1.95. The second-order valence-corrected chi connectivity index (χ2v) is 7.74. The Kier molecular flexibility index (Phi) is 4.88. The molecule has 0 fully saturated rings. The number of hydrogen-bond acceptors (Lipinski definition) is 3. The first-order valence-corrected chi connectivity index (χ1v) is 10.3. The van der Waals surface area contributed by atoms with Crippen LogP contribution < -0.4 is 0 Å². The molecule has 0 saturated carbocycles. The van der Waals surface area contributed by atoms with Gasteiger partial charge >= 0.3 is 0 Å². The lowest BCUT2D eigenvalue weighted by Gasteiger charge is -2.17. The van der Waals surface area contributed by atoms with Gasteiger partial charge < -0.3 is 0 Å². The molecule has 140 valence electrons. The van der Waals surface area contributed by atoms with E-state index in [2.05, 4.69) is 9.97 Å². The molecule has 0 radical (unpaired) electrons. The summed E-state index contributed by atoms with van der Waals surface area (Å²) in [5.74, 6) is 0.353. The number of nitrogens with zero attached hydrogens (tertiary/aromatic N) is 3. The minimum atomic E-state index is -1.19. The number of aromatic nitrogens is 3. The van der Waals surface area contributed by atoms with E-state index in [4.69, 9.17) is 0 Å². The molecule has 0 N–H and O–H groups in total. The molecule has 0 bridgehead atoms. The lowest BCUT2D eigenvalue weighted by Crippen LogP contribution is -2.06. The fourth-order valence-electron chi connectivity index (χ4n) is 3.31. The van der Waals surface area contributed by atoms with Gasteiger partial charge in [0.15, 0.2) is 0 Å². The third-order valence-corrected chi connectivity index (χ3v) is 5.67. The highest BCUT2D eigenvalue weighted by molar-refractivity contribution is 7.84. The molecule has 4 nitrogen and oxygen atoms in total.